The molecule has 0 atom stereocenters. The lowest BCUT2D eigenvalue weighted by molar-refractivity contribution is -0.137. The van der Waals surface area contributed by atoms with Gasteiger partial charge in [-0.3, -0.25) is 0 Å². The number of rotatable bonds is 7. The third kappa shape index (κ3) is 4.68. The Morgan fingerprint density at radius 2 is 1.28 bits per heavy atom. The van der Waals surface area contributed by atoms with E-state index in [1.807, 2.05) is 67.1 Å². The van der Waals surface area contributed by atoms with Gasteiger partial charge in [-0.15, -0.1) is 0 Å². The average Bonchev–Trinajstić information content (AvgIpc) is 3.60. The normalized spacial score (nSPS) is 12.1. The Bertz CT molecular complexity index is 1600. The Balaban J connectivity index is 1.37. The van der Waals surface area contributed by atoms with Crippen LogP contribution in [0.1, 0.15) is 27.9 Å². The number of halogens is 3. The zero-order valence-electron chi connectivity index (χ0n) is 20.6. The van der Waals surface area contributed by atoms with Crippen LogP contribution in [0.5, 0.6) is 0 Å². The second-order valence-electron chi connectivity index (χ2n) is 9.13. The zero-order chi connectivity index (χ0) is 26.9. The minimum absolute atomic E-state index is 0.368. The predicted octanol–water partition coefficient (Wildman–Crippen LogP) is 7.96. The van der Waals surface area contributed by atoms with Crippen molar-refractivity contribution in [1.82, 2.24) is 14.5 Å². The summed E-state index contributed by atoms with van der Waals surface area (Å²) in [5.41, 5.74) is 3.22. The Labute approximate surface area is 227 Å². The molecule has 0 fully saturated rings. The Kier molecular flexibility index (Phi) is 6.40. The lowest BCUT2D eigenvalue weighted by atomic mass is 9.77. The van der Waals surface area contributed by atoms with Gasteiger partial charge in [0.25, 0.3) is 0 Å². The maximum atomic E-state index is 13.1. The van der Waals surface area contributed by atoms with E-state index in [9.17, 15) is 13.2 Å². The molecule has 0 amide bonds. The standard InChI is InChI=1S/C31H23F3N4S/c32-31(33,34)25-16-17-27-28(18-25)39-29(37-27)35-19-26-20-38(21-36-26)30(22-10-4-1-5-11-22,23-12-6-2-7-13-23)24-14-8-3-9-15-24/h1-18,20-21H,19H2,(H,35,37). The molecule has 0 aliphatic carbocycles. The molecule has 0 aliphatic rings. The first-order valence-corrected chi connectivity index (χ1v) is 13.2. The quantitative estimate of drug-likeness (QED) is 0.209. The summed E-state index contributed by atoms with van der Waals surface area (Å²) in [6.07, 6.45) is -0.547. The third-order valence-electron chi connectivity index (χ3n) is 6.73. The van der Waals surface area contributed by atoms with Crippen LogP contribution in [0, 0.1) is 0 Å². The molecule has 0 saturated heterocycles. The van der Waals surface area contributed by atoms with Crippen LogP contribution in [0.2, 0.25) is 0 Å². The van der Waals surface area contributed by atoms with E-state index in [2.05, 4.69) is 51.3 Å². The van der Waals surface area contributed by atoms with Crippen molar-refractivity contribution in [3.8, 4) is 0 Å². The van der Waals surface area contributed by atoms with Crippen LogP contribution in [0.4, 0.5) is 18.3 Å². The van der Waals surface area contributed by atoms with Gasteiger partial charge in [0.15, 0.2) is 5.13 Å². The third-order valence-corrected chi connectivity index (χ3v) is 7.71. The lowest BCUT2D eigenvalue weighted by Gasteiger charge is -2.37. The van der Waals surface area contributed by atoms with Crippen molar-refractivity contribution in [3.63, 3.8) is 0 Å². The molecule has 0 radical (unpaired) electrons. The molecule has 4 nitrogen and oxygen atoms in total. The molecule has 0 unspecified atom stereocenters. The van der Waals surface area contributed by atoms with Crippen molar-refractivity contribution >= 4 is 26.7 Å². The summed E-state index contributed by atoms with van der Waals surface area (Å²) in [5, 5.41) is 3.78. The number of benzene rings is 4. The summed E-state index contributed by atoms with van der Waals surface area (Å²) in [5.74, 6) is 0. The van der Waals surface area contributed by atoms with Crippen molar-refractivity contribution in [3.05, 3.63) is 150 Å². The first-order chi connectivity index (χ1) is 18.9. The van der Waals surface area contributed by atoms with E-state index >= 15 is 0 Å². The Morgan fingerprint density at radius 3 is 1.82 bits per heavy atom. The van der Waals surface area contributed by atoms with Crippen molar-refractivity contribution < 1.29 is 13.2 Å². The highest BCUT2D eigenvalue weighted by atomic mass is 32.1. The number of thiazole rings is 1. The maximum absolute atomic E-state index is 13.1. The highest BCUT2D eigenvalue weighted by Crippen LogP contribution is 2.41. The molecule has 0 spiro atoms. The molecular weight excluding hydrogens is 517 g/mol. The van der Waals surface area contributed by atoms with Gasteiger partial charge in [-0.25, -0.2) is 9.97 Å². The fraction of sp³-hybridized carbons (Fsp3) is 0.0968. The Morgan fingerprint density at radius 1 is 0.718 bits per heavy atom. The van der Waals surface area contributed by atoms with Crippen LogP contribution >= 0.6 is 11.3 Å². The van der Waals surface area contributed by atoms with E-state index in [1.54, 1.807) is 0 Å². The van der Waals surface area contributed by atoms with E-state index in [0.717, 1.165) is 34.5 Å². The van der Waals surface area contributed by atoms with Crippen molar-refractivity contribution in [1.29, 1.82) is 0 Å². The van der Waals surface area contributed by atoms with Gasteiger partial charge in [0.2, 0.25) is 0 Å². The van der Waals surface area contributed by atoms with Crippen LogP contribution in [0.15, 0.2) is 122 Å². The van der Waals surface area contributed by atoms with Gasteiger partial charge in [0.05, 0.1) is 34.3 Å². The SMILES string of the molecule is FC(F)(F)c1ccc2nc(NCc3cn(C(c4ccccc4)(c4ccccc4)c4ccccc4)cn3)sc2c1. The summed E-state index contributed by atoms with van der Waals surface area (Å²) in [7, 11) is 0. The summed E-state index contributed by atoms with van der Waals surface area (Å²) in [6.45, 7) is 0.368. The van der Waals surface area contributed by atoms with Gasteiger partial charge < -0.3 is 9.88 Å². The lowest BCUT2D eigenvalue weighted by Crippen LogP contribution is -2.36. The number of nitrogens with zero attached hydrogens (tertiary/aromatic N) is 3. The minimum Gasteiger partial charge on any atom is -0.356 e. The first kappa shape index (κ1) is 24.9. The van der Waals surface area contributed by atoms with Gasteiger partial charge in [0, 0.05) is 6.20 Å². The van der Waals surface area contributed by atoms with Crippen LogP contribution in [0.25, 0.3) is 10.2 Å². The van der Waals surface area contributed by atoms with Gasteiger partial charge in [0.1, 0.15) is 5.54 Å². The predicted molar refractivity (Wildman–Crippen MR) is 149 cm³/mol. The molecule has 0 bridgehead atoms. The Hall–Kier alpha value is -4.43. The number of fused-ring (bicyclic) bond motifs is 1. The van der Waals surface area contributed by atoms with Crippen molar-refractivity contribution in [2.45, 2.75) is 18.3 Å². The largest absolute Gasteiger partial charge is 0.416 e. The molecule has 6 aromatic rings. The highest BCUT2D eigenvalue weighted by molar-refractivity contribution is 7.22. The van der Waals surface area contributed by atoms with E-state index in [0.29, 0.717) is 21.9 Å². The van der Waals surface area contributed by atoms with Crippen LogP contribution < -0.4 is 5.32 Å². The summed E-state index contributed by atoms with van der Waals surface area (Å²) >= 11 is 1.19. The number of hydrogen-bond acceptors (Lipinski definition) is 4. The number of nitrogens with one attached hydrogen (secondary N) is 1. The van der Waals surface area contributed by atoms with Gasteiger partial charge in [-0.1, -0.05) is 102 Å². The van der Waals surface area contributed by atoms with Gasteiger partial charge in [-0.2, -0.15) is 13.2 Å². The molecule has 1 N–H and O–H groups in total. The zero-order valence-corrected chi connectivity index (χ0v) is 21.5. The molecule has 0 saturated carbocycles. The number of hydrogen-bond donors (Lipinski definition) is 1. The number of imidazole rings is 1. The monoisotopic (exact) mass is 540 g/mol. The van der Waals surface area contributed by atoms with Crippen LogP contribution in [0.3, 0.4) is 0 Å². The van der Waals surface area contributed by atoms with Crippen LogP contribution in [-0.2, 0) is 18.3 Å². The molecule has 39 heavy (non-hydrogen) atoms. The molecule has 4 aromatic carbocycles. The molecule has 194 valence electrons. The topological polar surface area (TPSA) is 42.7 Å². The molecule has 2 heterocycles. The summed E-state index contributed by atoms with van der Waals surface area (Å²) in [6, 6.07) is 34.5. The maximum Gasteiger partial charge on any atom is 0.416 e. The van der Waals surface area contributed by atoms with E-state index in [-0.39, 0.29) is 0 Å². The van der Waals surface area contributed by atoms with E-state index in [1.165, 1.54) is 17.4 Å². The molecule has 2 aromatic heterocycles. The van der Waals surface area contributed by atoms with E-state index < -0.39 is 17.3 Å². The molecule has 6 rings (SSSR count). The number of anilines is 1. The van der Waals surface area contributed by atoms with Gasteiger partial charge >= 0.3 is 6.18 Å². The van der Waals surface area contributed by atoms with Crippen molar-refractivity contribution in [2.24, 2.45) is 0 Å². The van der Waals surface area contributed by atoms with E-state index in [4.69, 9.17) is 4.98 Å². The second kappa shape index (κ2) is 10.0. The smallest absolute Gasteiger partial charge is 0.356 e. The van der Waals surface area contributed by atoms with Gasteiger partial charge in [-0.05, 0) is 34.9 Å². The summed E-state index contributed by atoms with van der Waals surface area (Å²) in [4.78, 5) is 9.16. The van der Waals surface area contributed by atoms with Crippen LogP contribution in [-0.4, -0.2) is 14.5 Å². The number of aromatic nitrogens is 3. The molecule has 8 heteroatoms. The van der Waals surface area contributed by atoms with Crippen molar-refractivity contribution in [2.75, 3.05) is 5.32 Å². The number of alkyl halides is 3. The highest BCUT2D eigenvalue weighted by Gasteiger charge is 2.38. The fourth-order valence-corrected chi connectivity index (χ4v) is 5.87. The minimum atomic E-state index is -4.39. The molecular formula is C31H23F3N4S. The first-order valence-electron chi connectivity index (χ1n) is 12.4. The molecule has 0 aliphatic heterocycles. The second-order valence-corrected chi connectivity index (χ2v) is 10.2. The average molecular weight is 541 g/mol. The summed E-state index contributed by atoms with van der Waals surface area (Å²) < 4.78 is 42.0. The fourth-order valence-electron chi connectivity index (χ4n) is 4.97.